The number of amides is 4. The quantitative estimate of drug-likeness (QED) is 0.101. The molecule has 2 fully saturated rings. The summed E-state index contributed by atoms with van der Waals surface area (Å²) < 4.78 is 78.0. The Hall–Kier alpha value is -5.19. The fourth-order valence-electron chi connectivity index (χ4n) is 5.92. The maximum Gasteiger partial charge on any atom is 0.471 e. The third-order valence-electron chi connectivity index (χ3n) is 8.03. The van der Waals surface area contributed by atoms with Crippen LogP contribution in [0.4, 0.5) is 18.9 Å². The molecule has 4 N–H and O–H groups in total. The molecule has 1 aromatic carbocycles. The molecule has 1 aromatic rings. The predicted molar refractivity (Wildman–Crippen MR) is 180 cm³/mol. The number of ether oxygens (including phenoxy) is 7. The van der Waals surface area contributed by atoms with E-state index in [2.05, 4.69) is 16.0 Å². The SMILES string of the molecule is CC(=O)N[C@@H]1[C@@H](OCCc2ccc(NC(=O)C(F)(F)F)cc2)O[C@H](C=O)[C@@H](O[C@H]2O[C@H](COC(C)=O)[C@@H](OC(C)=O)[C@H](OC(C)=O)[C@H]2NC(C)=O)[C@@H]1NC(C)=O. The first kappa shape index (κ1) is 45.2. The average molecular weight is 805 g/mol. The Labute approximate surface area is 317 Å². The summed E-state index contributed by atoms with van der Waals surface area (Å²) in [6.45, 7) is 5.85. The van der Waals surface area contributed by atoms with E-state index in [0.717, 1.165) is 41.5 Å². The van der Waals surface area contributed by atoms with Crippen LogP contribution in [0.15, 0.2) is 24.3 Å². The maximum atomic E-state index is 12.6. The van der Waals surface area contributed by atoms with Crippen molar-refractivity contribution < 1.29 is 84.7 Å². The fourth-order valence-corrected chi connectivity index (χ4v) is 5.92. The van der Waals surface area contributed by atoms with Crippen molar-refractivity contribution in [2.75, 3.05) is 18.5 Å². The van der Waals surface area contributed by atoms with Crippen LogP contribution < -0.4 is 21.3 Å². The number of hydrogen-bond acceptors (Lipinski definition) is 15. The lowest BCUT2D eigenvalue weighted by Gasteiger charge is -2.49. The number of rotatable bonds is 15. The molecule has 3 rings (SSSR count). The molecule has 0 aromatic heterocycles. The number of esters is 3. The highest BCUT2D eigenvalue weighted by molar-refractivity contribution is 5.94. The monoisotopic (exact) mass is 804 g/mol. The molecular weight excluding hydrogens is 761 g/mol. The van der Waals surface area contributed by atoms with Gasteiger partial charge in [-0.25, -0.2) is 0 Å². The minimum absolute atomic E-state index is 0.113. The van der Waals surface area contributed by atoms with Crippen LogP contribution in [0.2, 0.25) is 0 Å². The number of hydrogen-bond donors (Lipinski definition) is 4. The molecule has 2 saturated heterocycles. The summed E-state index contributed by atoms with van der Waals surface area (Å²) in [5, 5.41) is 9.47. The number of carbonyl (C=O) groups excluding carboxylic acids is 8. The molecule has 2 heterocycles. The second-order valence-corrected chi connectivity index (χ2v) is 12.6. The molecule has 310 valence electrons. The summed E-state index contributed by atoms with van der Waals surface area (Å²) in [6, 6.07) is 1.25. The lowest BCUT2D eigenvalue weighted by Crippen LogP contribution is -2.72. The molecule has 0 spiro atoms. The van der Waals surface area contributed by atoms with Crippen LogP contribution in [-0.4, -0.2) is 128 Å². The van der Waals surface area contributed by atoms with Gasteiger partial charge in [0, 0.05) is 47.2 Å². The molecule has 10 atom stereocenters. The lowest BCUT2D eigenvalue weighted by molar-refractivity contribution is -0.314. The van der Waals surface area contributed by atoms with Crippen LogP contribution in [0.1, 0.15) is 47.1 Å². The molecule has 22 heteroatoms. The van der Waals surface area contributed by atoms with Crippen molar-refractivity contribution in [3.63, 3.8) is 0 Å². The van der Waals surface area contributed by atoms with Crippen molar-refractivity contribution >= 4 is 53.5 Å². The van der Waals surface area contributed by atoms with Gasteiger partial charge in [0.1, 0.15) is 37.0 Å². The summed E-state index contributed by atoms with van der Waals surface area (Å²) in [6.07, 6.45) is -15.3. The number of halogens is 3. The minimum Gasteiger partial charge on any atom is -0.463 e. The second-order valence-electron chi connectivity index (χ2n) is 12.6. The van der Waals surface area contributed by atoms with E-state index in [1.54, 1.807) is 5.32 Å². The number of alkyl halides is 3. The highest BCUT2D eigenvalue weighted by atomic mass is 19.4. The highest BCUT2D eigenvalue weighted by Crippen LogP contribution is 2.32. The van der Waals surface area contributed by atoms with Gasteiger partial charge >= 0.3 is 30.0 Å². The van der Waals surface area contributed by atoms with E-state index in [9.17, 15) is 51.5 Å². The van der Waals surface area contributed by atoms with E-state index in [0.29, 0.717) is 11.8 Å². The van der Waals surface area contributed by atoms with Gasteiger partial charge in [0.25, 0.3) is 0 Å². The molecule has 0 radical (unpaired) electrons. The number of anilines is 1. The van der Waals surface area contributed by atoms with Gasteiger partial charge in [-0.05, 0) is 24.1 Å². The van der Waals surface area contributed by atoms with Gasteiger partial charge in [0.15, 0.2) is 31.1 Å². The van der Waals surface area contributed by atoms with Gasteiger partial charge in [-0.3, -0.25) is 33.6 Å². The van der Waals surface area contributed by atoms with E-state index >= 15 is 0 Å². The van der Waals surface area contributed by atoms with Crippen molar-refractivity contribution in [1.82, 2.24) is 16.0 Å². The molecule has 0 unspecified atom stereocenters. The first-order chi connectivity index (χ1) is 26.2. The molecule has 4 amide bonds. The third kappa shape index (κ3) is 13.2. The zero-order chi connectivity index (χ0) is 41.9. The number of carbonyl (C=O) groups is 8. The van der Waals surface area contributed by atoms with Crippen molar-refractivity contribution in [3.8, 4) is 0 Å². The molecule has 0 bridgehead atoms. The number of aldehydes is 1. The largest absolute Gasteiger partial charge is 0.471 e. The predicted octanol–water partition coefficient (Wildman–Crippen LogP) is -0.279. The summed E-state index contributed by atoms with van der Waals surface area (Å²) >= 11 is 0. The smallest absolute Gasteiger partial charge is 0.463 e. The van der Waals surface area contributed by atoms with Crippen molar-refractivity contribution in [2.45, 2.75) is 115 Å². The van der Waals surface area contributed by atoms with Crippen LogP contribution in [0.25, 0.3) is 0 Å². The van der Waals surface area contributed by atoms with Crippen LogP contribution >= 0.6 is 0 Å². The average Bonchev–Trinajstić information content (AvgIpc) is 3.07. The normalized spacial score (nSPS) is 27.4. The zero-order valence-electron chi connectivity index (χ0n) is 31.0. The topological polar surface area (TPSA) is 249 Å². The van der Waals surface area contributed by atoms with Gasteiger partial charge in [-0.15, -0.1) is 0 Å². The molecule has 19 nitrogen and oxygen atoms in total. The first-order valence-corrected chi connectivity index (χ1v) is 17.0. The highest BCUT2D eigenvalue weighted by Gasteiger charge is 2.55. The van der Waals surface area contributed by atoms with Gasteiger partial charge in [0.05, 0.1) is 12.6 Å². The van der Waals surface area contributed by atoms with Crippen LogP contribution in [0.3, 0.4) is 0 Å². The van der Waals surface area contributed by atoms with Crippen LogP contribution in [0.5, 0.6) is 0 Å². The van der Waals surface area contributed by atoms with E-state index in [1.807, 2.05) is 0 Å². The minimum atomic E-state index is -5.08. The number of benzene rings is 1. The summed E-state index contributed by atoms with van der Waals surface area (Å²) in [5.41, 5.74) is 0.433. The van der Waals surface area contributed by atoms with Crippen molar-refractivity contribution in [1.29, 1.82) is 0 Å². The Kier molecular flexibility index (Phi) is 16.2. The molecular formula is C34H43F3N4O15. The first-order valence-electron chi connectivity index (χ1n) is 17.0. The third-order valence-corrected chi connectivity index (χ3v) is 8.03. The molecule has 0 saturated carbocycles. The Balaban J connectivity index is 1.95. The van der Waals surface area contributed by atoms with Gasteiger partial charge in [0.2, 0.25) is 17.7 Å². The Morgan fingerprint density at radius 2 is 1.27 bits per heavy atom. The maximum absolute atomic E-state index is 12.6. The standard InChI is InChI=1S/C34H43F3N4O15/c1-15(43)38-25-26(39-16(2)44)31(50-12-11-21-7-9-22(10-8-21)41-33(49)34(35,36)37)54-23(13-42)28(25)56-32-27(40-17(3)45)30(53-20(6)48)29(52-19(5)47)24(55-32)14-51-18(4)46/h7-10,13,23-32H,11-12,14H2,1-6H3,(H,38,43)(H,39,44)(H,40,45)(H,41,49)/t23-,24-,25-,26+,27-,28-,29-,30-,31+,32-/m1/s1. The molecule has 2 aliphatic heterocycles. The molecule has 0 aliphatic carbocycles. The second kappa shape index (κ2) is 20.1. The van der Waals surface area contributed by atoms with Crippen molar-refractivity contribution in [3.05, 3.63) is 29.8 Å². The van der Waals surface area contributed by atoms with Crippen molar-refractivity contribution in [2.24, 2.45) is 0 Å². The van der Waals surface area contributed by atoms with Crippen LogP contribution in [0, 0.1) is 0 Å². The van der Waals surface area contributed by atoms with E-state index in [1.165, 1.54) is 24.3 Å². The van der Waals surface area contributed by atoms with Crippen LogP contribution in [-0.2, 0) is 77.9 Å². The molecule has 56 heavy (non-hydrogen) atoms. The van der Waals surface area contributed by atoms with E-state index in [4.69, 9.17) is 33.2 Å². The van der Waals surface area contributed by atoms with E-state index in [-0.39, 0.29) is 18.7 Å². The lowest BCUT2D eigenvalue weighted by atomic mass is 9.92. The fraction of sp³-hybridized carbons (Fsp3) is 0.588. The van der Waals surface area contributed by atoms with Gasteiger partial charge in [-0.1, -0.05) is 12.1 Å². The Morgan fingerprint density at radius 1 is 0.714 bits per heavy atom. The summed E-state index contributed by atoms with van der Waals surface area (Å²) in [4.78, 5) is 97.5. The summed E-state index contributed by atoms with van der Waals surface area (Å²) in [7, 11) is 0. The molecule has 2 aliphatic rings. The summed E-state index contributed by atoms with van der Waals surface area (Å²) in [5.74, 6) is -6.63. The van der Waals surface area contributed by atoms with Gasteiger partial charge in [-0.2, -0.15) is 13.2 Å². The van der Waals surface area contributed by atoms with Gasteiger partial charge < -0.3 is 59.2 Å². The Bertz CT molecular complexity index is 1610. The van der Waals surface area contributed by atoms with E-state index < -0.39 is 116 Å². The number of nitrogens with one attached hydrogen (secondary N) is 4. The zero-order valence-corrected chi connectivity index (χ0v) is 31.0. The Morgan fingerprint density at radius 3 is 1.79 bits per heavy atom.